The van der Waals surface area contributed by atoms with Gasteiger partial charge in [0.15, 0.2) is 0 Å². The molecule has 0 amide bonds. The van der Waals surface area contributed by atoms with Gasteiger partial charge in [0.05, 0.1) is 0 Å². The smallest absolute Gasteiger partial charge is 0.0449 e. The van der Waals surface area contributed by atoms with Crippen molar-refractivity contribution in [1.82, 2.24) is 5.32 Å². The van der Waals surface area contributed by atoms with E-state index in [4.69, 9.17) is 11.6 Å². The van der Waals surface area contributed by atoms with E-state index in [9.17, 15) is 0 Å². The van der Waals surface area contributed by atoms with Crippen LogP contribution in [0.3, 0.4) is 0 Å². The van der Waals surface area contributed by atoms with E-state index < -0.39 is 0 Å². The van der Waals surface area contributed by atoms with Gasteiger partial charge in [-0.1, -0.05) is 46.9 Å². The van der Waals surface area contributed by atoms with Gasteiger partial charge in [0.25, 0.3) is 0 Å². The summed E-state index contributed by atoms with van der Waals surface area (Å²) in [6.07, 6.45) is 4.99. The standard InChI is InChI=1S/C14H19BrClN/c1-2-10(9-17-13-5-6-13)7-11-3-4-12(15)8-14(11)16/h3-4,8,10,13,17H,2,5-7,9H2,1H3. The Kier molecular flexibility index (Phi) is 4.89. The first-order valence-electron chi connectivity index (χ1n) is 6.36. The molecule has 1 saturated carbocycles. The molecule has 2 rings (SSSR count). The van der Waals surface area contributed by atoms with Crippen LogP contribution >= 0.6 is 27.5 Å². The average Bonchev–Trinajstić information content (AvgIpc) is 3.11. The predicted molar refractivity (Wildman–Crippen MR) is 77.7 cm³/mol. The van der Waals surface area contributed by atoms with Crippen molar-refractivity contribution in [2.75, 3.05) is 6.54 Å². The fraction of sp³-hybridized carbons (Fsp3) is 0.571. The Morgan fingerprint density at radius 3 is 2.82 bits per heavy atom. The highest BCUT2D eigenvalue weighted by atomic mass is 79.9. The van der Waals surface area contributed by atoms with Crippen LogP contribution in [0.15, 0.2) is 22.7 Å². The van der Waals surface area contributed by atoms with Crippen molar-refractivity contribution in [2.45, 2.75) is 38.6 Å². The van der Waals surface area contributed by atoms with Crippen LogP contribution in [0.2, 0.25) is 5.02 Å². The van der Waals surface area contributed by atoms with E-state index in [-0.39, 0.29) is 0 Å². The van der Waals surface area contributed by atoms with E-state index in [1.54, 1.807) is 0 Å². The van der Waals surface area contributed by atoms with Crippen LogP contribution in [0.5, 0.6) is 0 Å². The van der Waals surface area contributed by atoms with Crippen LogP contribution in [-0.2, 0) is 6.42 Å². The van der Waals surface area contributed by atoms with Gasteiger partial charge in [-0.15, -0.1) is 0 Å². The first kappa shape index (κ1) is 13.4. The zero-order valence-electron chi connectivity index (χ0n) is 10.2. The van der Waals surface area contributed by atoms with E-state index in [0.717, 1.165) is 28.5 Å². The summed E-state index contributed by atoms with van der Waals surface area (Å²) in [5.74, 6) is 0.689. The maximum Gasteiger partial charge on any atom is 0.0449 e. The molecular formula is C14H19BrClN. The minimum absolute atomic E-state index is 0.689. The van der Waals surface area contributed by atoms with E-state index in [1.807, 2.05) is 6.07 Å². The van der Waals surface area contributed by atoms with Crippen LogP contribution in [0.25, 0.3) is 0 Å². The fourth-order valence-corrected chi connectivity index (χ4v) is 2.73. The van der Waals surface area contributed by atoms with Crippen LogP contribution in [0.4, 0.5) is 0 Å². The van der Waals surface area contributed by atoms with E-state index in [2.05, 4.69) is 40.3 Å². The highest BCUT2D eigenvalue weighted by molar-refractivity contribution is 9.10. The largest absolute Gasteiger partial charge is 0.314 e. The Bertz CT molecular complexity index is 376. The van der Waals surface area contributed by atoms with Gasteiger partial charge in [0, 0.05) is 15.5 Å². The lowest BCUT2D eigenvalue weighted by molar-refractivity contribution is 0.458. The minimum Gasteiger partial charge on any atom is -0.314 e. The highest BCUT2D eigenvalue weighted by Crippen LogP contribution is 2.25. The maximum atomic E-state index is 6.26. The zero-order valence-corrected chi connectivity index (χ0v) is 12.5. The second kappa shape index (κ2) is 6.21. The molecule has 1 aromatic rings. The van der Waals surface area contributed by atoms with Gasteiger partial charge in [0.2, 0.25) is 0 Å². The SMILES string of the molecule is CCC(CNC1CC1)Cc1ccc(Br)cc1Cl. The van der Waals surface area contributed by atoms with E-state index >= 15 is 0 Å². The predicted octanol–water partition coefficient (Wildman–Crippen LogP) is 4.42. The molecule has 1 fully saturated rings. The first-order chi connectivity index (χ1) is 8.19. The molecule has 94 valence electrons. The molecule has 1 unspecified atom stereocenters. The molecule has 1 nitrogen and oxygen atoms in total. The summed E-state index contributed by atoms with van der Waals surface area (Å²) in [6, 6.07) is 6.98. The van der Waals surface area contributed by atoms with Gasteiger partial charge >= 0.3 is 0 Å². The maximum absolute atomic E-state index is 6.26. The molecule has 0 saturated heterocycles. The molecule has 0 aliphatic heterocycles. The zero-order chi connectivity index (χ0) is 12.3. The minimum atomic E-state index is 0.689. The molecule has 0 radical (unpaired) electrons. The van der Waals surface area contributed by atoms with Crippen molar-refractivity contribution in [3.63, 3.8) is 0 Å². The fourth-order valence-electron chi connectivity index (χ4n) is 1.98. The lowest BCUT2D eigenvalue weighted by Crippen LogP contribution is -2.25. The molecule has 1 aromatic carbocycles. The van der Waals surface area contributed by atoms with Crippen molar-refractivity contribution in [2.24, 2.45) is 5.92 Å². The highest BCUT2D eigenvalue weighted by Gasteiger charge is 2.21. The Hall–Kier alpha value is -0.0500. The van der Waals surface area contributed by atoms with Crippen molar-refractivity contribution >= 4 is 27.5 Å². The quantitative estimate of drug-likeness (QED) is 0.819. The van der Waals surface area contributed by atoms with Crippen molar-refractivity contribution in [3.8, 4) is 0 Å². The number of benzene rings is 1. The third kappa shape index (κ3) is 4.27. The lowest BCUT2D eigenvalue weighted by atomic mass is 9.97. The summed E-state index contributed by atoms with van der Waals surface area (Å²) in [6.45, 7) is 3.37. The summed E-state index contributed by atoms with van der Waals surface area (Å²) in [4.78, 5) is 0. The summed E-state index contributed by atoms with van der Waals surface area (Å²) >= 11 is 9.70. The number of hydrogen-bond donors (Lipinski definition) is 1. The molecule has 1 atom stereocenters. The van der Waals surface area contributed by atoms with Crippen LogP contribution < -0.4 is 5.32 Å². The van der Waals surface area contributed by atoms with Crippen LogP contribution in [0.1, 0.15) is 31.7 Å². The van der Waals surface area contributed by atoms with Gasteiger partial charge in [-0.05, 0) is 49.4 Å². The normalized spacial score (nSPS) is 17.1. The third-order valence-electron chi connectivity index (χ3n) is 3.37. The van der Waals surface area contributed by atoms with Gasteiger partial charge in [-0.2, -0.15) is 0 Å². The summed E-state index contributed by atoms with van der Waals surface area (Å²) in [5.41, 5.74) is 1.26. The van der Waals surface area contributed by atoms with E-state index in [0.29, 0.717) is 5.92 Å². The molecule has 1 aliphatic carbocycles. The molecule has 0 spiro atoms. The number of halogens is 2. The molecule has 1 aliphatic rings. The second-order valence-corrected chi connectivity index (χ2v) is 6.22. The summed E-state index contributed by atoms with van der Waals surface area (Å²) in [5, 5.41) is 4.49. The number of nitrogens with one attached hydrogen (secondary N) is 1. The molecule has 3 heteroatoms. The third-order valence-corrected chi connectivity index (χ3v) is 4.22. The Labute approximate surface area is 117 Å². The molecular weight excluding hydrogens is 298 g/mol. The van der Waals surface area contributed by atoms with Gasteiger partial charge in [-0.3, -0.25) is 0 Å². The van der Waals surface area contributed by atoms with Crippen molar-refractivity contribution in [3.05, 3.63) is 33.3 Å². The van der Waals surface area contributed by atoms with E-state index in [1.165, 1.54) is 24.8 Å². The first-order valence-corrected chi connectivity index (χ1v) is 7.53. The van der Waals surface area contributed by atoms with Crippen molar-refractivity contribution in [1.29, 1.82) is 0 Å². The van der Waals surface area contributed by atoms with Gasteiger partial charge < -0.3 is 5.32 Å². The van der Waals surface area contributed by atoms with Crippen LogP contribution in [-0.4, -0.2) is 12.6 Å². The monoisotopic (exact) mass is 315 g/mol. The van der Waals surface area contributed by atoms with Crippen LogP contribution in [0, 0.1) is 5.92 Å². The average molecular weight is 317 g/mol. The Morgan fingerprint density at radius 2 is 2.24 bits per heavy atom. The topological polar surface area (TPSA) is 12.0 Å². The van der Waals surface area contributed by atoms with Gasteiger partial charge in [0.1, 0.15) is 0 Å². The number of hydrogen-bond acceptors (Lipinski definition) is 1. The summed E-state index contributed by atoms with van der Waals surface area (Å²) in [7, 11) is 0. The Morgan fingerprint density at radius 1 is 1.47 bits per heavy atom. The van der Waals surface area contributed by atoms with Gasteiger partial charge in [-0.25, -0.2) is 0 Å². The lowest BCUT2D eigenvalue weighted by Gasteiger charge is -2.16. The molecule has 1 N–H and O–H groups in total. The number of rotatable bonds is 6. The molecule has 0 bridgehead atoms. The Balaban J connectivity index is 1.91. The second-order valence-electron chi connectivity index (χ2n) is 4.90. The molecule has 17 heavy (non-hydrogen) atoms. The summed E-state index contributed by atoms with van der Waals surface area (Å²) < 4.78 is 1.05. The molecule has 0 aromatic heterocycles. The molecule has 0 heterocycles. The van der Waals surface area contributed by atoms with Crippen molar-refractivity contribution < 1.29 is 0 Å².